The highest BCUT2D eigenvalue weighted by molar-refractivity contribution is 5.93. The van der Waals surface area contributed by atoms with E-state index in [0.29, 0.717) is 23.1 Å². The zero-order valence-corrected chi connectivity index (χ0v) is 12.8. The van der Waals surface area contributed by atoms with Gasteiger partial charge in [0.1, 0.15) is 5.82 Å². The summed E-state index contributed by atoms with van der Waals surface area (Å²) < 4.78 is 1.82. The van der Waals surface area contributed by atoms with Crippen LogP contribution in [-0.4, -0.2) is 30.7 Å². The van der Waals surface area contributed by atoms with E-state index in [4.69, 9.17) is 5.11 Å². The lowest BCUT2D eigenvalue weighted by Crippen LogP contribution is -2.05. The number of aromatic carboxylic acids is 1. The van der Waals surface area contributed by atoms with Crippen LogP contribution in [0.5, 0.6) is 0 Å². The Morgan fingerprint density at radius 2 is 1.96 bits per heavy atom. The topological polar surface area (TPSA) is 92.4 Å². The van der Waals surface area contributed by atoms with Gasteiger partial charge in [-0.15, -0.1) is 10.2 Å². The van der Waals surface area contributed by atoms with Crippen LogP contribution in [0.2, 0.25) is 0 Å². The third kappa shape index (κ3) is 2.23. The molecule has 2 aromatic heterocycles. The summed E-state index contributed by atoms with van der Waals surface area (Å²) in [7, 11) is 0. The number of anilines is 2. The number of carbonyl (C=O) groups is 1. The van der Waals surface area contributed by atoms with E-state index in [-0.39, 0.29) is 5.56 Å². The molecule has 2 N–H and O–H groups in total. The number of aryl methyl sites for hydroxylation is 1. The molecule has 0 aliphatic rings. The molecule has 2 heterocycles. The van der Waals surface area contributed by atoms with Crippen molar-refractivity contribution in [2.45, 2.75) is 6.92 Å². The number of hydrogen-bond donors (Lipinski definition) is 2. The largest absolute Gasteiger partial charge is 0.478 e. The molecule has 7 nitrogen and oxygen atoms in total. The van der Waals surface area contributed by atoms with E-state index >= 15 is 0 Å². The number of hydrogen-bond acceptors (Lipinski definition) is 5. The molecule has 4 rings (SSSR count). The lowest BCUT2D eigenvalue weighted by molar-refractivity contribution is 0.0697. The number of aromatic nitrogens is 4. The van der Waals surface area contributed by atoms with Crippen LogP contribution in [0.4, 0.5) is 11.6 Å². The zero-order chi connectivity index (χ0) is 16.7. The summed E-state index contributed by atoms with van der Waals surface area (Å²) in [4.78, 5) is 15.8. The molecule has 118 valence electrons. The number of nitrogens with one attached hydrogen (secondary N) is 1. The average molecular weight is 319 g/mol. The van der Waals surface area contributed by atoms with Crippen molar-refractivity contribution in [1.82, 2.24) is 19.6 Å². The van der Waals surface area contributed by atoms with E-state index in [1.54, 1.807) is 24.3 Å². The fourth-order valence-corrected chi connectivity index (χ4v) is 2.66. The first-order chi connectivity index (χ1) is 11.6. The average Bonchev–Trinajstić information content (AvgIpc) is 2.98. The van der Waals surface area contributed by atoms with Gasteiger partial charge in [0.15, 0.2) is 5.65 Å². The number of para-hydroxylation sites is 1. The minimum atomic E-state index is -0.976. The van der Waals surface area contributed by atoms with Crippen LogP contribution < -0.4 is 5.32 Å². The Bertz CT molecular complexity index is 1090. The molecular weight excluding hydrogens is 306 g/mol. The standard InChI is InChI=1S/C17H13N5O2/c1-10-20-21-15-13-7-2-3-8-14(13)19-17(22(10)15)18-12-6-4-5-11(9-12)16(23)24/h2-9H,1H3,(H,18,19)(H,23,24). The van der Waals surface area contributed by atoms with E-state index in [1.165, 1.54) is 0 Å². The number of rotatable bonds is 3. The molecule has 0 saturated carbocycles. The molecular formula is C17H13N5O2. The third-order valence-corrected chi connectivity index (χ3v) is 3.77. The van der Waals surface area contributed by atoms with Gasteiger partial charge in [-0.05, 0) is 37.3 Å². The molecule has 0 aliphatic carbocycles. The number of carboxylic acids is 1. The Morgan fingerprint density at radius 1 is 1.12 bits per heavy atom. The molecule has 7 heteroatoms. The van der Waals surface area contributed by atoms with Crippen LogP contribution in [0.15, 0.2) is 48.5 Å². The minimum absolute atomic E-state index is 0.206. The summed E-state index contributed by atoms with van der Waals surface area (Å²) in [6.45, 7) is 1.84. The predicted molar refractivity (Wildman–Crippen MR) is 89.7 cm³/mol. The Morgan fingerprint density at radius 3 is 2.79 bits per heavy atom. The summed E-state index contributed by atoms with van der Waals surface area (Å²) >= 11 is 0. The first-order valence-corrected chi connectivity index (χ1v) is 7.34. The predicted octanol–water partition coefficient (Wildman–Crippen LogP) is 3.03. The molecule has 0 unspecified atom stereocenters. The second kappa shape index (κ2) is 5.31. The number of benzene rings is 2. The first kappa shape index (κ1) is 14.1. The van der Waals surface area contributed by atoms with E-state index < -0.39 is 5.97 Å². The summed E-state index contributed by atoms with van der Waals surface area (Å²) in [5.41, 5.74) is 2.33. The van der Waals surface area contributed by atoms with Crippen molar-refractivity contribution in [2.24, 2.45) is 0 Å². The van der Waals surface area contributed by atoms with Crippen molar-refractivity contribution >= 4 is 34.2 Å². The maximum Gasteiger partial charge on any atom is 0.335 e. The van der Waals surface area contributed by atoms with Gasteiger partial charge >= 0.3 is 5.97 Å². The van der Waals surface area contributed by atoms with E-state index in [2.05, 4.69) is 20.5 Å². The van der Waals surface area contributed by atoms with E-state index in [0.717, 1.165) is 10.9 Å². The van der Waals surface area contributed by atoms with Gasteiger partial charge in [0, 0.05) is 11.1 Å². The molecule has 0 fully saturated rings. The fourth-order valence-electron chi connectivity index (χ4n) is 2.66. The lowest BCUT2D eigenvalue weighted by Gasteiger charge is -2.11. The lowest BCUT2D eigenvalue weighted by atomic mass is 10.2. The molecule has 2 aromatic carbocycles. The summed E-state index contributed by atoms with van der Waals surface area (Å²) in [6, 6.07) is 14.3. The van der Waals surface area contributed by atoms with Crippen LogP contribution in [0.1, 0.15) is 16.2 Å². The van der Waals surface area contributed by atoms with Crippen molar-refractivity contribution in [3.05, 3.63) is 59.9 Å². The van der Waals surface area contributed by atoms with E-state index in [9.17, 15) is 4.79 Å². The van der Waals surface area contributed by atoms with Crippen molar-refractivity contribution < 1.29 is 9.90 Å². The molecule has 0 saturated heterocycles. The molecule has 0 radical (unpaired) electrons. The van der Waals surface area contributed by atoms with Crippen molar-refractivity contribution in [3.63, 3.8) is 0 Å². The second-order valence-electron chi connectivity index (χ2n) is 5.37. The Balaban J connectivity index is 1.90. The van der Waals surface area contributed by atoms with Gasteiger partial charge in [-0.1, -0.05) is 18.2 Å². The van der Waals surface area contributed by atoms with Gasteiger partial charge in [-0.3, -0.25) is 0 Å². The number of nitrogens with zero attached hydrogens (tertiary/aromatic N) is 4. The zero-order valence-electron chi connectivity index (χ0n) is 12.8. The van der Waals surface area contributed by atoms with Crippen LogP contribution in [0, 0.1) is 6.92 Å². The highest BCUT2D eigenvalue weighted by Crippen LogP contribution is 2.24. The van der Waals surface area contributed by atoms with Gasteiger partial charge in [-0.25, -0.2) is 14.2 Å². The number of carboxylic acid groups (broad SMARTS) is 1. The summed E-state index contributed by atoms with van der Waals surface area (Å²) in [5, 5.41) is 21.6. The van der Waals surface area contributed by atoms with Crippen molar-refractivity contribution in [3.8, 4) is 0 Å². The van der Waals surface area contributed by atoms with Crippen LogP contribution >= 0.6 is 0 Å². The molecule has 24 heavy (non-hydrogen) atoms. The van der Waals surface area contributed by atoms with Gasteiger partial charge in [0.25, 0.3) is 0 Å². The third-order valence-electron chi connectivity index (χ3n) is 3.77. The Labute approximate surface area is 136 Å². The molecule has 0 spiro atoms. The quantitative estimate of drug-likeness (QED) is 0.603. The van der Waals surface area contributed by atoms with E-state index in [1.807, 2.05) is 35.6 Å². The fraction of sp³-hybridized carbons (Fsp3) is 0.0588. The molecule has 0 bridgehead atoms. The van der Waals surface area contributed by atoms with Crippen molar-refractivity contribution in [2.75, 3.05) is 5.32 Å². The maximum absolute atomic E-state index is 11.1. The highest BCUT2D eigenvalue weighted by atomic mass is 16.4. The van der Waals surface area contributed by atoms with Crippen molar-refractivity contribution in [1.29, 1.82) is 0 Å². The second-order valence-corrected chi connectivity index (χ2v) is 5.37. The molecule has 0 atom stereocenters. The van der Waals surface area contributed by atoms with Gasteiger partial charge in [-0.2, -0.15) is 0 Å². The first-order valence-electron chi connectivity index (χ1n) is 7.34. The van der Waals surface area contributed by atoms with Gasteiger partial charge in [0.05, 0.1) is 11.1 Å². The van der Waals surface area contributed by atoms with Gasteiger partial charge in [0.2, 0.25) is 5.95 Å². The Hall–Kier alpha value is -3.48. The molecule has 0 amide bonds. The van der Waals surface area contributed by atoms with Crippen LogP contribution in [-0.2, 0) is 0 Å². The monoisotopic (exact) mass is 319 g/mol. The van der Waals surface area contributed by atoms with Crippen LogP contribution in [0.25, 0.3) is 16.6 Å². The normalized spacial score (nSPS) is 11.0. The highest BCUT2D eigenvalue weighted by Gasteiger charge is 2.13. The Kier molecular flexibility index (Phi) is 3.13. The molecule has 0 aliphatic heterocycles. The number of fused-ring (bicyclic) bond motifs is 3. The molecule has 4 aromatic rings. The maximum atomic E-state index is 11.1. The smallest absolute Gasteiger partial charge is 0.335 e. The summed E-state index contributed by atoms with van der Waals surface area (Å²) in [5.74, 6) is 0.254. The van der Waals surface area contributed by atoms with Crippen LogP contribution in [0.3, 0.4) is 0 Å². The SMILES string of the molecule is Cc1nnc2c3ccccc3nc(Nc3cccc(C(=O)O)c3)n12. The van der Waals surface area contributed by atoms with Gasteiger partial charge < -0.3 is 10.4 Å². The summed E-state index contributed by atoms with van der Waals surface area (Å²) in [6.07, 6.45) is 0. The minimum Gasteiger partial charge on any atom is -0.478 e.